The maximum Gasteiger partial charge on any atom is 0.573 e. The van der Waals surface area contributed by atoms with Crippen LogP contribution in [0.5, 0.6) is 5.75 Å². The Morgan fingerprint density at radius 3 is 2.31 bits per heavy atom. The van der Waals surface area contributed by atoms with Crippen LogP contribution in [0.25, 0.3) is 0 Å². The van der Waals surface area contributed by atoms with Crippen LogP contribution in [0, 0.1) is 0 Å². The zero-order valence-electron chi connectivity index (χ0n) is 14.5. The van der Waals surface area contributed by atoms with Crippen LogP contribution in [-0.4, -0.2) is 30.4 Å². The Morgan fingerprint density at radius 2 is 1.72 bits per heavy atom. The Kier molecular flexibility index (Phi) is 8.79. The molecule has 1 heterocycles. The second kappa shape index (κ2) is 10.4. The Balaban J connectivity index is 0.00000420. The van der Waals surface area contributed by atoms with Crippen molar-refractivity contribution in [3.05, 3.63) is 48.2 Å². The number of hydrogen-bond donors (Lipinski definition) is 3. The van der Waals surface area contributed by atoms with Gasteiger partial charge in [0.15, 0.2) is 5.96 Å². The largest absolute Gasteiger partial charge is 0.573 e. The molecule has 160 valence electrons. The maximum atomic E-state index is 12.8. The van der Waals surface area contributed by atoms with E-state index in [0.717, 1.165) is 18.2 Å². The van der Waals surface area contributed by atoms with Crippen molar-refractivity contribution in [3.8, 4) is 5.75 Å². The average Bonchev–Trinajstić information content (AvgIpc) is 2.59. The highest BCUT2D eigenvalue weighted by Crippen LogP contribution is 2.33. The van der Waals surface area contributed by atoms with Crippen LogP contribution >= 0.6 is 24.0 Å². The molecule has 1 aromatic heterocycles. The first kappa shape index (κ1) is 24.6. The molecule has 6 nitrogen and oxygen atoms in total. The van der Waals surface area contributed by atoms with E-state index >= 15 is 0 Å². The van der Waals surface area contributed by atoms with E-state index in [1.807, 2.05) is 0 Å². The van der Waals surface area contributed by atoms with Gasteiger partial charge in [0, 0.05) is 18.4 Å². The van der Waals surface area contributed by atoms with Gasteiger partial charge in [-0.15, -0.1) is 37.1 Å². The second-order valence-electron chi connectivity index (χ2n) is 5.29. The van der Waals surface area contributed by atoms with Crippen LogP contribution in [0.4, 0.5) is 37.8 Å². The topological polar surface area (TPSA) is 84.6 Å². The summed E-state index contributed by atoms with van der Waals surface area (Å²) in [4.78, 5) is 7.55. The monoisotopic (exact) mass is 535 g/mol. The van der Waals surface area contributed by atoms with Gasteiger partial charge >= 0.3 is 12.5 Å². The number of pyridine rings is 1. The minimum absolute atomic E-state index is 0. The molecule has 0 saturated carbocycles. The SMILES string of the molecule is I.NC(=NCCNc1ncccc1C(F)(F)F)Nc1ccc(OC(F)(F)F)cc1. The first-order valence-corrected chi connectivity index (χ1v) is 7.73. The molecule has 0 unspecified atom stereocenters. The summed E-state index contributed by atoms with van der Waals surface area (Å²) in [5, 5.41) is 5.16. The lowest BCUT2D eigenvalue weighted by atomic mass is 10.2. The lowest BCUT2D eigenvalue weighted by Crippen LogP contribution is -2.24. The zero-order valence-corrected chi connectivity index (χ0v) is 16.8. The highest BCUT2D eigenvalue weighted by Gasteiger charge is 2.34. The quantitative estimate of drug-likeness (QED) is 0.167. The van der Waals surface area contributed by atoms with Gasteiger partial charge in [-0.2, -0.15) is 13.2 Å². The smallest absolute Gasteiger partial charge is 0.406 e. The number of aliphatic imine (C=N–C) groups is 1. The maximum absolute atomic E-state index is 12.8. The van der Waals surface area contributed by atoms with Crippen molar-refractivity contribution >= 4 is 41.4 Å². The summed E-state index contributed by atoms with van der Waals surface area (Å²) in [5.41, 5.74) is 5.09. The van der Waals surface area contributed by atoms with Gasteiger partial charge in [0.1, 0.15) is 11.6 Å². The van der Waals surface area contributed by atoms with Gasteiger partial charge in [0.05, 0.1) is 12.1 Å². The number of ether oxygens (including phenoxy) is 1. The third-order valence-corrected chi connectivity index (χ3v) is 3.16. The molecular weight excluding hydrogens is 519 g/mol. The molecule has 0 aliphatic rings. The second-order valence-corrected chi connectivity index (χ2v) is 5.29. The number of nitrogens with two attached hydrogens (primary N) is 1. The van der Waals surface area contributed by atoms with Crippen molar-refractivity contribution in [2.45, 2.75) is 12.5 Å². The van der Waals surface area contributed by atoms with Gasteiger partial charge in [-0.05, 0) is 36.4 Å². The molecular formula is C16H16F6IN5O. The number of nitrogens with one attached hydrogen (secondary N) is 2. The molecule has 0 radical (unpaired) electrons. The van der Waals surface area contributed by atoms with Crippen molar-refractivity contribution in [3.63, 3.8) is 0 Å². The average molecular weight is 535 g/mol. The molecule has 29 heavy (non-hydrogen) atoms. The van der Waals surface area contributed by atoms with Gasteiger partial charge in [-0.3, -0.25) is 4.99 Å². The summed E-state index contributed by atoms with van der Waals surface area (Å²) in [6.45, 7) is 0.0583. The molecule has 2 rings (SSSR count). The highest BCUT2D eigenvalue weighted by atomic mass is 127. The molecule has 0 fully saturated rings. The van der Waals surface area contributed by atoms with Crippen LogP contribution < -0.4 is 21.1 Å². The van der Waals surface area contributed by atoms with Crippen LogP contribution in [0.3, 0.4) is 0 Å². The molecule has 2 aromatic rings. The summed E-state index contributed by atoms with van der Waals surface area (Å²) >= 11 is 0. The minimum atomic E-state index is -4.79. The molecule has 0 amide bonds. The van der Waals surface area contributed by atoms with Gasteiger partial charge in [0.25, 0.3) is 0 Å². The van der Waals surface area contributed by atoms with Gasteiger partial charge in [-0.1, -0.05) is 0 Å². The molecule has 13 heteroatoms. The fraction of sp³-hybridized carbons (Fsp3) is 0.250. The molecule has 1 aromatic carbocycles. The van der Waals surface area contributed by atoms with Gasteiger partial charge in [0.2, 0.25) is 0 Å². The number of aromatic nitrogens is 1. The van der Waals surface area contributed by atoms with E-state index < -0.39 is 23.9 Å². The predicted octanol–water partition coefficient (Wildman–Crippen LogP) is 4.46. The van der Waals surface area contributed by atoms with E-state index in [1.165, 1.54) is 24.4 Å². The fourth-order valence-electron chi connectivity index (χ4n) is 2.05. The van der Waals surface area contributed by atoms with E-state index in [9.17, 15) is 26.3 Å². The van der Waals surface area contributed by atoms with Crippen molar-refractivity contribution in [1.82, 2.24) is 4.98 Å². The van der Waals surface area contributed by atoms with Crippen LogP contribution in [0.1, 0.15) is 5.56 Å². The normalized spacial score (nSPS) is 12.1. The Bertz CT molecular complexity index is 811. The molecule has 0 aliphatic carbocycles. The van der Waals surface area contributed by atoms with Crippen molar-refractivity contribution in [1.29, 1.82) is 0 Å². The Morgan fingerprint density at radius 1 is 1.07 bits per heavy atom. The number of alkyl halides is 6. The molecule has 0 bridgehead atoms. The first-order valence-electron chi connectivity index (χ1n) is 7.73. The fourth-order valence-corrected chi connectivity index (χ4v) is 2.05. The zero-order chi connectivity index (χ0) is 20.8. The minimum Gasteiger partial charge on any atom is -0.406 e. The van der Waals surface area contributed by atoms with E-state index in [0.29, 0.717) is 5.69 Å². The number of rotatable bonds is 6. The van der Waals surface area contributed by atoms with Crippen LogP contribution in [0.2, 0.25) is 0 Å². The van der Waals surface area contributed by atoms with Gasteiger partial charge in [-0.25, -0.2) is 4.98 Å². The molecule has 0 saturated heterocycles. The summed E-state index contributed by atoms with van der Waals surface area (Å²) in [6.07, 6.45) is -8.10. The highest BCUT2D eigenvalue weighted by molar-refractivity contribution is 14.0. The summed E-state index contributed by atoms with van der Waals surface area (Å²) in [5.74, 6) is -0.783. The summed E-state index contributed by atoms with van der Waals surface area (Å²) in [6, 6.07) is 6.85. The number of hydrogen-bond acceptors (Lipinski definition) is 4. The lowest BCUT2D eigenvalue weighted by molar-refractivity contribution is -0.274. The Labute approximate surface area is 178 Å². The number of guanidine groups is 1. The van der Waals surface area contributed by atoms with E-state index in [2.05, 4.69) is 25.3 Å². The van der Waals surface area contributed by atoms with Crippen molar-refractivity contribution < 1.29 is 31.1 Å². The van der Waals surface area contributed by atoms with Crippen LogP contribution in [-0.2, 0) is 6.18 Å². The van der Waals surface area contributed by atoms with Gasteiger partial charge < -0.3 is 21.1 Å². The molecule has 0 aliphatic heterocycles. The van der Waals surface area contributed by atoms with Crippen molar-refractivity contribution in [2.24, 2.45) is 10.7 Å². The third-order valence-electron chi connectivity index (χ3n) is 3.16. The number of halogens is 7. The molecule has 0 atom stereocenters. The predicted molar refractivity (Wildman–Crippen MR) is 106 cm³/mol. The lowest BCUT2D eigenvalue weighted by Gasteiger charge is -2.12. The van der Waals surface area contributed by atoms with E-state index in [4.69, 9.17) is 5.73 Å². The molecule has 4 N–H and O–H groups in total. The standard InChI is InChI=1S/C16H15F6N5O.HI/c17-15(18,19)12-2-1-7-24-13(12)25-8-9-26-14(23)27-10-3-5-11(6-4-10)28-16(20,21)22;/h1-7H,8-9H2,(H,24,25)(H3,23,26,27);1H. The number of anilines is 2. The number of nitrogens with zero attached hydrogens (tertiary/aromatic N) is 2. The van der Waals surface area contributed by atoms with E-state index in [-0.39, 0.29) is 48.8 Å². The molecule has 0 spiro atoms. The van der Waals surface area contributed by atoms with Crippen LogP contribution in [0.15, 0.2) is 47.6 Å². The van der Waals surface area contributed by atoms with E-state index in [1.54, 1.807) is 0 Å². The summed E-state index contributed by atoms with van der Waals surface area (Å²) < 4.78 is 78.5. The first-order chi connectivity index (χ1) is 13.0. The summed E-state index contributed by atoms with van der Waals surface area (Å²) in [7, 11) is 0. The number of benzene rings is 1. The van der Waals surface area contributed by atoms with Crippen molar-refractivity contribution in [2.75, 3.05) is 23.7 Å². The Hall–Kier alpha value is -2.45. The third kappa shape index (κ3) is 8.62.